The molecule has 0 amide bonds. The quantitative estimate of drug-likeness (QED) is 0.621. The highest BCUT2D eigenvalue weighted by Gasteiger charge is 2.21. The summed E-state index contributed by atoms with van der Waals surface area (Å²) in [6.45, 7) is 1.42. The molecule has 1 aromatic rings. The molecule has 1 heterocycles. The van der Waals surface area contributed by atoms with E-state index in [-0.39, 0.29) is 18.0 Å². The van der Waals surface area contributed by atoms with Crippen molar-refractivity contribution in [1.82, 2.24) is 0 Å². The molecule has 0 aromatic heterocycles. The molecule has 1 aromatic carbocycles. The summed E-state index contributed by atoms with van der Waals surface area (Å²) in [4.78, 5) is 0. The average molecular weight is 336 g/mol. The van der Waals surface area contributed by atoms with E-state index in [2.05, 4.69) is 22.6 Å². The van der Waals surface area contributed by atoms with Crippen molar-refractivity contribution in [1.29, 1.82) is 0 Å². The molecule has 1 fully saturated rings. The van der Waals surface area contributed by atoms with Crippen LogP contribution in [0.1, 0.15) is 18.1 Å². The summed E-state index contributed by atoms with van der Waals surface area (Å²) in [6, 6.07) is 6.62. The first-order valence-electron chi connectivity index (χ1n) is 5.34. The molecule has 0 aliphatic carbocycles. The van der Waals surface area contributed by atoms with Crippen molar-refractivity contribution in [3.63, 3.8) is 0 Å². The Morgan fingerprint density at radius 1 is 1.56 bits per heavy atom. The average Bonchev–Trinajstić information content (AvgIpc) is 2.78. The Kier molecular flexibility index (Phi) is 4.55. The summed E-state index contributed by atoms with van der Waals surface area (Å²) < 4.78 is 25.1. The first-order chi connectivity index (χ1) is 7.79. The van der Waals surface area contributed by atoms with Crippen LogP contribution in [0.5, 0.6) is 0 Å². The van der Waals surface area contributed by atoms with Crippen molar-refractivity contribution < 1.29 is 13.9 Å². The zero-order chi connectivity index (χ0) is 11.4. The first kappa shape index (κ1) is 12.3. The van der Waals surface area contributed by atoms with Gasteiger partial charge in [0.15, 0.2) is 0 Å². The Bertz CT molecular complexity index is 340. The zero-order valence-corrected chi connectivity index (χ0v) is 11.0. The highest BCUT2D eigenvalue weighted by molar-refractivity contribution is 14.1. The molecule has 0 spiro atoms. The molecule has 0 N–H and O–H groups in total. The van der Waals surface area contributed by atoms with E-state index in [1.54, 1.807) is 12.1 Å². The van der Waals surface area contributed by atoms with Gasteiger partial charge < -0.3 is 9.47 Å². The molecule has 1 aliphatic rings. The normalized spacial score (nSPS) is 22.2. The van der Waals surface area contributed by atoms with Gasteiger partial charge in [-0.05, 0) is 24.1 Å². The second-order valence-electron chi connectivity index (χ2n) is 3.82. The minimum absolute atomic E-state index is 0.0389. The number of ether oxygens (including phenoxy) is 2. The summed E-state index contributed by atoms with van der Waals surface area (Å²) >= 11 is 2.26. The van der Waals surface area contributed by atoms with Gasteiger partial charge in [0.1, 0.15) is 5.82 Å². The van der Waals surface area contributed by atoms with Gasteiger partial charge in [0, 0.05) is 11.0 Å². The highest BCUT2D eigenvalue weighted by Crippen LogP contribution is 2.24. The molecule has 2 rings (SSSR count). The van der Waals surface area contributed by atoms with E-state index in [1.807, 2.05) is 6.07 Å². The fourth-order valence-corrected chi connectivity index (χ4v) is 2.48. The van der Waals surface area contributed by atoms with Crippen LogP contribution in [0.25, 0.3) is 0 Å². The fraction of sp³-hybridized carbons (Fsp3) is 0.500. The predicted octanol–water partition coefficient (Wildman–Crippen LogP) is 3.11. The maximum Gasteiger partial charge on any atom is 0.123 e. The smallest absolute Gasteiger partial charge is 0.123 e. The van der Waals surface area contributed by atoms with Crippen molar-refractivity contribution in [2.45, 2.75) is 18.6 Å². The van der Waals surface area contributed by atoms with Crippen LogP contribution in [0.2, 0.25) is 0 Å². The van der Waals surface area contributed by atoms with Gasteiger partial charge in [-0.2, -0.15) is 0 Å². The third-order valence-corrected chi connectivity index (χ3v) is 3.41. The summed E-state index contributed by atoms with van der Waals surface area (Å²) in [7, 11) is 0. The number of halogens is 2. The zero-order valence-electron chi connectivity index (χ0n) is 8.86. The highest BCUT2D eigenvalue weighted by atomic mass is 127. The SMILES string of the molecule is Fc1cccc(C(CI)OC2CCOC2)c1. The lowest BCUT2D eigenvalue weighted by molar-refractivity contribution is -0.00395. The third-order valence-electron chi connectivity index (χ3n) is 2.61. The molecule has 2 atom stereocenters. The second-order valence-corrected chi connectivity index (χ2v) is 4.70. The molecule has 0 bridgehead atoms. The van der Waals surface area contributed by atoms with Crippen molar-refractivity contribution in [3.8, 4) is 0 Å². The molecule has 0 radical (unpaired) electrons. The summed E-state index contributed by atoms with van der Waals surface area (Å²) in [5.74, 6) is -0.210. The van der Waals surface area contributed by atoms with E-state index < -0.39 is 0 Å². The van der Waals surface area contributed by atoms with Gasteiger partial charge in [0.05, 0.1) is 18.8 Å². The Hall–Kier alpha value is -0.200. The molecule has 2 unspecified atom stereocenters. The molecule has 88 valence electrons. The van der Waals surface area contributed by atoms with Gasteiger partial charge in [-0.25, -0.2) is 4.39 Å². The minimum atomic E-state index is -0.210. The van der Waals surface area contributed by atoms with Crippen molar-refractivity contribution in [2.75, 3.05) is 17.6 Å². The largest absolute Gasteiger partial charge is 0.379 e. The van der Waals surface area contributed by atoms with Crippen LogP contribution in [0.15, 0.2) is 24.3 Å². The number of alkyl halides is 1. The van der Waals surface area contributed by atoms with Crippen LogP contribution in [0.3, 0.4) is 0 Å². The minimum Gasteiger partial charge on any atom is -0.379 e. The maximum absolute atomic E-state index is 13.1. The Morgan fingerprint density at radius 2 is 2.44 bits per heavy atom. The molecular weight excluding hydrogens is 322 g/mol. The van der Waals surface area contributed by atoms with Gasteiger partial charge in [0.25, 0.3) is 0 Å². The standard InChI is InChI=1S/C12H14FIO2/c13-10-3-1-2-9(6-10)12(7-14)16-11-4-5-15-8-11/h1-3,6,11-12H,4-5,7-8H2. The van der Waals surface area contributed by atoms with Crippen molar-refractivity contribution >= 4 is 22.6 Å². The first-order valence-corrected chi connectivity index (χ1v) is 6.87. The summed E-state index contributed by atoms with van der Waals surface area (Å²) in [5, 5.41) is 0. The van der Waals surface area contributed by atoms with E-state index in [0.29, 0.717) is 6.61 Å². The van der Waals surface area contributed by atoms with Crippen LogP contribution < -0.4 is 0 Å². The van der Waals surface area contributed by atoms with Crippen molar-refractivity contribution in [3.05, 3.63) is 35.6 Å². The Labute approximate surface area is 108 Å². The lowest BCUT2D eigenvalue weighted by Gasteiger charge is -2.19. The lowest BCUT2D eigenvalue weighted by atomic mass is 10.1. The van der Waals surface area contributed by atoms with Gasteiger partial charge >= 0.3 is 0 Å². The third kappa shape index (κ3) is 3.15. The lowest BCUT2D eigenvalue weighted by Crippen LogP contribution is -2.17. The Morgan fingerprint density at radius 3 is 3.06 bits per heavy atom. The van der Waals surface area contributed by atoms with E-state index in [0.717, 1.165) is 23.0 Å². The molecule has 16 heavy (non-hydrogen) atoms. The molecule has 1 saturated heterocycles. The van der Waals surface area contributed by atoms with Crippen molar-refractivity contribution in [2.24, 2.45) is 0 Å². The van der Waals surface area contributed by atoms with Gasteiger partial charge in [-0.3, -0.25) is 0 Å². The monoisotopic (exact) mass is 336 g/mol. The van der Waals surface area contributed by atoms with Gasteiger partial charge in [0.2, 0.25) is 0 Å². The number of benzene rings is 1. The molecule has 0 saturated carbocycles. The van der Waals surface area contributed by atoms with E-state index >= 15 is 0 Å². The van der Waals surface area contributed by atoms with E-state index in [9.17, 15) is 4.39 Å². The second kappa shape index (κ2) is 5.93. The van der Waals surface area contributed by atoms with Crippen LogP contribution in [-0.4, -0.2) is 23.7 Å². The molecule has 4 heteroatoms. The van der Waals surface area contributed by atoms with Gasteiger partial charge in [-0.15, -0.1) is 0 Å². The Balaban J connectivity index is 2.03. The van der Waals surface area contributed by atoms with Crippen LogP contribution in [0.4, 0.5) is 4.39 Å². The number of hydrogen-bond donors (Lipinski definition) is 0. The maximum atomic E-state index is 13.1. The molecular formula is C12H14FIO2. The van der Waals surface area contributed by atoms with Crippen LogP contribution in [0, 0.1) is 5.82 Å². The van der Waals surface area contributed by atoms with E-state index in [4.69, 9.17) is 9.47 Å². The number of rotatable bonds is 4. The summed E-state index contributed by atoms with van der Waals surface area (Å²) in [5.41, 5.74) is 0.904. The molecule has 2 nitrogen and oxygen atoms in total. The van der Waals surface area contributed by atoms with Gasteiger partial charge in [-0.1, -0.05) is 34.7 Å². The summed E-state index contributed by atoms with van der Waals surface area (Å²) in [6.07, 6.45) is 1.05. The predicted molar refractivity (Wildman–Crippen MR) is 68.3 cm³/mol. The number of hydrogen-bond acceptors (Lipinski definition) is 2. The molecule has 1 aliphatic heterocycles. The van der Waals surface area contributed by atoms with Crippen LogP contribution in [-0.2, 0) is 9.47 Å². The van der Waals surface area contributed by atoms with Crippen LogP contribution >= 0.6 is 22.6 Å². The topological polar surface area (TPSA) is 18.5 Å². The van der Waals surface area contributed by atoms with E-state index in [1.165, 1.54) is 6.07 Å². The fourth-order valence-electron chi connectivity index (χ4n) is 1.76.